The Kier molecular flexibility index (Phi) is 8.61. The number of aromatic nitrogens is 1. The molecule has 0 bridgehead atoms. The summed E-state index contributed by atoms with van der Waals surface area (Å²) in [7, 11) is -2.89. The van der Waals surface area contributed by atoms with Crippen LogP contribution in [0.15, 0.2) is 84.9 Å². The van der Waals surface area contributed by atoms with Crippen molar-refractivity contribution < 1.29 is 17.6 Å². The van der Waals surface area contributed by atoms with Gasteiger partial charge in [-0.1, -0.05) is 87.5 Å². The molecule has 0 atom stereocenters. The Morgan fingerprint density at radius 1 is 0.780 bits per heavy atom. The number of anilines is 2. The number of alkyl halides is 3. The third-order valence-electron chi connectivity index (χ3n) is 7.22. The molecule has 0 aliphatic carbocycles. The number of nitrogens with one attached hydrogen (secondary N) is 2. The maximum absolute atomic E-state index is 13.1. The van der Waals surface area contributed by atoms with Crippen LogP contribution in [0.3, 0.4) is 0 Å². The number of benzene rings is 3. The van der Waals surface area contributed by atoms with Gasteiger partial charge in [0.1, 0.15) is 11.6 Å². The van der Waals surface area contributed by atoms with Gasteiger partial charge in [-0.05, 0) is 77.7 Å². The van der Waals surface area contributed by atoms with Crippen LogP contribution >= 0.6 is 12.2 Å². The molecule has 0 saturated heterocycles. The minimum atomic E-state index is -4.44. The maximum atomic E-state index is 13.1. The quantitative estimate of drug-likeness (QED) is 0.177. The highest BCUT2D eigenvalue weighted by atomic mass is 32.1. The highest BCUT2D eigenvalue weighted by Gasteiger charge is 2.52. The lowest BCUT2D eigenvalue weighted by molar-refractivity contribution is -0.137. The van der Waals surface area contributed by atoms with Gasteiger partial charge < -0.3 is 15.1 Å². The molecule has 0 amide bonds. The predicted molar refractivity (Wildman–Crippen MR) is 168 cm³/mol. The van der Waals surface area contributed by atoms with Crippen LogP contribution < -0.4 is 25.4 Å². The molecule has 41 heavy (non-hydrogen) atoms. The van der Waals surface area contributed by atoms with E-state index in [0.29, 0.717) is 11.5 Å². The molecule has 0 aliphatic rings. The molecular formula is C32H34F3N3OSSi. The fourth-order valence-electron chi connectivity index (χ4n) is 5.04. The van der Waals surface area contributed by atoms with E-state index in [0.717, 1.165) is 39.4 Å². The van der Waals surface area contributed by atoms with Crippen LogP contribution in [0.5, 0.6) is 5.75 Å². The van der Waals surface area contributed by atoms with E-state index in [2.05, 4.69) is 55.7 Å². The van der Waals surface area contributed by atoms with Crippen molar-refractivity contribution in [3.05, 3.63) is 107 Å². The Balaban J connectivity index is 1.71. The summed E-state index contributed by atoms with van der Waals surface area (Å²) in [4.78, 5) is 4.80. The van der Waals surface area contributed by atoms with Gasteiger partial charge in [0, 0.05) is 5.69 Å². The molecule has 4 aromatic rings. The van der Waals surface area contributed by atoms with Gasteiger partial charge in [-0.3, -0.25) is 0 Å². The Labute approximate surface area is 246 Å². The van der Waals surface area contributed by atoms with Crippen molar-refractivity contribution in [2.45, 2.75) is 52.8 Å². The lowest BCUT2D eigenvalue weighted by Crippen LogP contribution is -2.69. The van der Waals surface area contributed by atoms with Crippen LogP contribution in [0.4, 0.5) is 24.7 Å². The summed E-state index contributed by atoms with van der Waals surface area (Å²) in [5.41, 5.74) is 1.91. The number of rotatable bonds is 6. The van der Waals surface area contributed by atoms with E-state index in [4.69, 9.17) is 21.6 Å². The van der Waals surface area contributed by atoms with E-state index in [1.807, 2.05) is 57.2 Å². The molecular weight excluding hydrogens is 560 g/mol. The number of nitrogens with zero attached hydrogens (tertiary/aromatic N) is 1. The molecule has 0 fully saturated rings. The second-order valence-corrected chi connectivity index (χ2v) is 15.7. The first kappa shape index (κ1) is 30.3. The number of halogens is 3. The molecule has 0 saturated carbocycles. The summed E-state index contributed by atoms with van der Waals surface area (Å²) in [6.45, 7) is 12.5. The summed E-state index contributed by atoms with van der Waals surface area (Å²) in [5.74, 6) is 1.23. The zero-order valence-corrected chi connectivity index (χ0v) is 25.8. The Morgan fingerprint density at radius 3 is 1.85 bits per heavy atom. The van der Waals surface area contributed by atoms with Crippen molar-refractivity contribution in [1.82, 2.24) is 4.98 Å². The van der Waals surface area contributed by atoms with Gasteiger partial charge in [0.15, 0.2) is 5.11 Å². The van der Waals surface area contributed by atoms with E-state index >= 15 is 0 Å². The summed E-state index contributed by atoms with van der Waals surface area (Å²) in [6, 6.07) is 25.7. The molecule has 2 N–H and O–H groups in total. The monoisotopic (exact) mass is 593 g/mol. The number of aryl methyl sites for hydroxylation is 1. The van der Waals surface area contributed by atoms with Gasteiger partial charge in [0.05, 0.1) is 11.3 Å². The molecule has 1 aromatic heterocycles. The SMILES string of the molecule is Cc1nc(NC(=S)Nc2cccc(C(F)(F)F)c2)c(C)c(C)c1O[Si](c1ccccc1)(c1ccccc1)C(C)(C)C. The maximum Gasteiger partial charge on any atom is 0.416 e. The Morgan fingerprint density at radius 2 is 1.34 bits per heavy atom. The molecule has 1 heterocycles. The minimum Gasteiger partial charge on any atom is -0.533 e. The van der Waals surface area contributed by atoms with Crippen molar-refractivity contribution in [2.75, 3.05) is 10.6 Å². The van der Waals surface area contributed by atoms with Gasteiger partial charge >= 0.3 is 14.5 Å². The topological polar surface area (TPSA) is 46.2 Å². The van der Waals surface area contributed by atoms with E-state index in [9.17, 15) is 13.2 Å². The van der Waals surface area contributed by atoms with Crippen LogP contribution in [0.2, 0.25) is 5.04 Å². The molecule has 4 nitrogen and oxygen atoms in total. The summed E-state index contributed by atoms with van der Waals surface area (Å²) >= 11 is 5.43. The number of hydrogen-bond acceptors (Lipinski definition) is 3. The molecule has 0 aliphatic heterocycles. The van der Waals surface area contributed by atoms with Crippen molar-refractivity contribution in [3.63, 3.8) is 0 Å². The summed E-state index contributed by atoms with van der Waals surface area (Å²) in [5, 5.41) is 8.13. The third kappa shape index (κ3) is 6.31. The van der Waals surface area contributed by atoms with Crippen LogP contribution in [0.25, 0.3) is 0 Å². The van der Waals surface area contributed by atoms with Gasteiger partial charge in [-0.15, -0.1) is 0 Å². The average molecular weight is 594 g/mol. The summed E-state index contributed by atoms with van der Waals surface area (Å²) in [6.07, 6.45) is -4.44. The first-order valence-corrected chi connectivity index (χ1v) is 15.6. The first-order valence-electron chi connectivity index (χ1n) is 13.3. The molecule has 9 heteroatoms. The third-order valence-corrected chi connectivity index (χ3v) is 12.3. The highest BCUT2D eigenvalue weighted by molar-refractivity contribution is 7.80. The fourth-order valence-corrected chi connectivity index (χ4v) is 9.79. The van der Waals surface area contributed by atoms with Crippen molar-refractivity contribution in [3.8, 4) is 5.75 Å². The summed E-state index contributed by atoms with van der Waals surface area (Å²) < 4.78 is 46.7. The molecule has 214 valence electrons. The molecule has 4 rings (SSSR count). The second kappa shape index (κ2) is 11.7. The van der Waals surface area contributed by atoms with Gasteiger partial charge in [0.25, 0.3) is 0 Å². The molecule has 3 aromatic carbocycles. The smallest absolute Gasteiger partial charge is 0.416 e. The molecule has 0 unspecified atom stereocenters. The standard InChI is InChI=1S/C32H34F3N3OSSi/c1-21-22(2)29(38-30(40)37-25-15-13-14-24(20-25)32(33,34)35)36-23(3)28(21)39-41(31(4,5)6,26-16-9-7-10-17-26)27-18-11-8-12-19-27/h7-20H,1-6H3,(H2,36,37,38,40). The number of hydrogen-bond donors (Lipinski definition) is 2. The molecule has 0 radical (unpaired) electrons. The van der Waals surface area contributed by atoms with Gasteiger partial charge in [0.2, 0.25) is 0 Å². The zero-order valence-electron chi connectivity index (χ0n) is 24.0. The normalized spacial score (nSPS) is 12.1. The number of thiocarbonyl (C=S) groups is 1. The van der Waals surface area contributed by atoms with Crippen LogP contribution in [0.1, 0.15) is 43.2 Å². The van der Waals surface area contributed by atoms with E-state index in [1.165, 1.54) is 12.1 Å². The minimum absolute atomic E-state index is 0.138. The van der Waals surface area contributed by atoms with E-state index < -0.39 is 20.1 Å². The predicted octanol–water partition coefficient (Wildman–Crippen LogP) is 7.77. The van der Waals surface area contributed by atoms with Crippen molar-refractivity contribution in [1.29, 1.82) is 0 Å². The molecule has 0 spiro atoms. The van der Waals surface area contributed by atoms with Crippen molar-refractivity contribution >= 4 is 47.5 Å². The highest BCUT2D eigenvalue weighted by Crippen LogP contribution is 2.40. The lowest BCUT2D eigenvalue weighted by Gasteiger charge is -2.43. The number of pyridine rings is 1. The van der Waals surface area contributed by atoms with Crippen LogP contribution in [0, 0.1) is 20.8 Å². The Bertz CT molecular complexity index is 1500. The van der Waals surface area contributed by atoms with Crippen LogP contribution in [-0.2, 0) is 6.18 Å². The van der Waals surface area contributed by atoms with Gasteiger partial charge in [-0.2, -0.15) is 13.2 Å². The van der Waals surface area contributed by atoms with Crippen molar-refractivity contribution in [2.24, 2.45) is 0 Å². The second-order valence-electron chi connectivity index (χ2n) is 11.0. The largest absolute Gasteiger partial charge is 0.533 e. The fraction of sp³-hybridized carbons (Fsp3) is 0.250. The lowest BCUT2D eigenvalue weighted by atomic mass is 10.1. The zero-order chi connectivity index (χ0) is 30.0. The average Bonchev–Trinajstić information content (AvgIpc) is 2.92. The van der Waals surface area contributed by atoms with Crippen LogP contribution in [-0.4, -0.2) is 18.4 Å². The first-order chi connectivity index (χ1) is 19.2. The van der Waals surface area contributed by atoms with E-state index in [1.54, 1.807) is 0 Å². The Hall–Kier alpha value is -3.69. The van der Waals surface area contributed by atoms with E-state index in [-0.39, 0.29) is 15.8 Å². The van der Waals surface area contributed by atoms with Gasteiger partial charge in [-0.25, -0.2) is 4.98 Å².